The van der Waals surface area contributed by atoms with Gasteiger partial charge in [-0.05, 0) is 36.5 Å². The SMILES string of the molecule is CC[C@H](C)NC(=O)c1ccc(C(C)(C)C)cc1. The number of carbonyl (C=O) groups excluding carboxylic acids is 1. The van der Waals surface area contributed by atoms with Crippen LogP contribution in [0.25, 0.3) is 0 Å². The molecule has 0 aliphatic rings. The second-order valence-electron chi connectivity index (χ2n) is 5.61. The summed E-state index contributed by atoms with van der Waals surface area (Å²) < 4.78 is 0. The molecule has 2 heteroatoms. The minimum absolute atomic E-state index is 0.0137. The van der Waals surface area contributed by atoms with Crippen LogP contribution in [0, 0.1) is 0 Å². The molecule has 1 N–H and O–H groups in total. The molecular weight excluding hydrogens is 210 g/mol. The summed E-state index contributed by atoms with van der Waals surface area (Å²) in [6, 6.07) is 8.10. The van der Waals surface area contributed by atoms with Crippen molar-refractivity contribution >= 4 is 5.91 Å². The lowest BCUT2D eigenvalue weighted by Crippen LogP contribution is -2.31. The highest BCUT2D eigenvalue weighted by Gasteiger charge is 2.14. The molecule has 0 radical (unpaired) electrons. The molecule has 17 heavy (non-hydrogen) atoms. The predicted molar refractivity (Wildman–Crippen MR) is 72.4 cm³/mol. The van der Waals surface area contributed by atoms with Crippen LogP contribution in [-0.2, 0) is 5.41 Å². The van der Waals surface area contributed by atoms with Crippen LogP contribution in [0.3, 0.4) is 0 Å². The lowest BCUT2D eigenvalue weighted by molar-refractivity contribution is 0.0939. The largest absolute Gasteiger partial charge is 0.350 e. The van der Waals surface area contributed by atoms with Crippen LogP contribution in [0.4, 0.5) is 0 Å². The Balaban J connectivity index is 2.78. The number of benzene rings is 1. The molecule has 0 aromatic heterocycles. The van der Waals surface area contributed by atoms with E-state index in [4.69, 9.17) is 0 Å². The Morgan fingerprint density at radius 2 is 1.76 bits per heavy atom. The van der Waals surface area contributed by atoms with E-state index >= 15 is 0 Å². The van der Waals surface area contributed by atoms with Crippen molar-refractivity contribution < 1.29 is 4.79 Å². The first-order chi connectivity index (χ1) is 7.84. The molecule has 0 unspecified atom stereocenters. The molecule has 1 aromatic carbocycles. The minimum atomic E-state index is 0.0137. The van der Waals surface area contributed by atoms with Gasteiger partial charge in [-0.2, -0.15) is 0 Å². The van der Waals surface area contributed by atoms with Crippen LogP contribution >= 0.6 is 0 Å². The summed E-state index contributed by atoms with van der Waals surface area (Å²) in [6.07, 6.45) is 0.950. The standard InChI is InChI=1S/C15H23NO/c1-6-11(2)16-14(17)12-7-9-13(10-8-12)15(3,4)5/h7-11H,6H2,1-5H3,(H,16,17)/t11-/m0/s1. The monoisotopic (exact) mass is 233 g/mol. The molecule has 94 valence electrons. The van der Waals surface area contributed by atoms with Gasteiger partial charge in [0.1, 0.15) is 0 Å². The first-order valence-corrected chi connectivity index (χ1v) is 6.26. The molecule has 0 bridgehead atoms. The van der Waals surface area contributed by atoms with Crippen molar-refractivity contribution in [2.24, 2.45) is 0 Å². The summed E-state index contributed by atoms with van der Waals surface area (Å²) in [7, 11) is 0. The number of amides is 1. The molecule has 0 aliphatic heterocycles. The summed E-state index contributed by atoms with van der Waals surface area (Å²) in [5, 5.41) is 2.97. The average Bonchev–Trinajstić information content (AvgIpc) is 2.27. The van der Waals surface area contributed by atoms with Gasteiger partial charge in [0, 0.05) is 11.6 Å². The Labute approximate surface area is 104 Å². The molecule has 1 rings (SSSR count). The lowest BCUT2D eigenvalue weighted by atomic mass is 9.86. The second kappa shape index (κ2) is 5.35. The summed E-state index contributed by atoms with van der Waals surface area (Å²) in [4.78, 5) is 11.9. The first kappa shape index (κ1) is 13.8. The van der Waals surface area contributed by atoms with E-state index in [9.17, 15) is 4.79 Å². The molecule has 0 fully saturated rings. The summed E-state index contributed by atoms with van der Waals surface area (Å²) in [6.45, 7) is 10.6. The Morgan fingerprint density at radius 1 is 1.24 bits per heavy atom. The van der Waals surface area contributed by atoms with Gasteiger partial charge in [-0.25, -0.2) is 0 Å². The Kier molecular flexibility index (Phi) is 4.33. The number of carbonyl (C=O) groups is 1. The lowest BCUT2D eigenvalue weighted by Gasteiger charge is -2.19. The predicted octanol–water partition coefficient (Wildman–Crippen LogP) is 3.51. The first-order valence-electron chi connectivity index (χ1n) is 6.26. The molecule has 0 saturated carbocycles. The van der Waals surface area contributed by atoms with Gasteiger partial charge in [0.05, 0.1) is 0 Å². The molecule has 0 saturated heterocycles. The Morgan fingerprint density at radius 3 is 2.18 bits per heavy atom. The molecule has 1 atom stereocenters. The fraction of sp³-hybridized carbons (Fsp3) is 0.533. The van der Waals surface area contributed by atoms with Gasteiger partial charge in [-0.15, -0.1) is 0 Å². The van der Waals surface area contributed by atoms with Crippen molar-refractivity contribution in [2.75, 3.05) is 0 Å². The number of hydrogen-bond donors (Lipinski definition) is 1. The number of nitrogens with one attached hydrogen (secondary N) is 1. The zero-order valence-electron chi connectivity index (χ0n) is 11.5. The van der Waals surface area contributed by atoms with E-state index in [1.807, 2.05) is 31.2 Å². The molecule has 0 spiro atoms. The van der Waals surface area contributed by atoms with Crippen LogP contribution in [0.1, 0.15) is 57.0 Å². The van der Waals surface area contributed by atoms with E-state index in [1.165, 1.54) is 5.56 Å². The Hall–Kier alpha value is -1.31. The Bertz CT molecular complexity index is 373. The van der Waals surface area contributed by atoms with E-state index < -0.39 is 0 Å². The smallest absolute Gasteiger partial charge is 0.251 e. The van der Waals surface area contributed by atoms with Gasteiger partial charge in [0.15, 0.2) is 0 Å². The van der Waals surface area contributed by atoms with Crippen molar-refractivity contribution in [1.82, 2.24) is 5.32 Å². The fourth-order valence-electron chi connectivity index (χ4n) is 1.53. The zero-order chi connectivity index (χ0) is 13.1. The molecule has 1 amide bonds. The van der Waals surface area contributed by atoms with Gasteiger partial charge in [0.25, 0.3) is 5.91 Å². The van der Waals surface area contributed by atoms with E-state index in [2.05, 4.69) is 33.0 Å². The van der Waals surface area contributed by atoms with Crippen LogP contribution < -0.4 is 5.32 Å². The van der Waals surface area contributed by atoms with Gasteiger partial charge < -0.3 is 5.32 Å². The summed E-state index contributed by atoms with van der Waals surface area (Å²) in [5.41, 5.74) is 2.11. The van der Waals surface area contributed by atoms with Crippen LogP contribution in [0.15, 0.2) is 24.3 Å². The zero-order valence-corrected chi connectivity index (χ0v) is 11.5. The van der Waals surface area contributed by atoms with Crippen molar-refractivity contribution in [3.63, 3.8) is 0 Å². The highest BCUT2D eigenvalue weighted by atomic mass is 16.1. The third kappa shape index (κ3) is 3.88. The topological polar surface area (TPSA) is 29.1 Å². The molecular formula is C15H23NO. The highest BCUT2D eigenvalue weighted by Crippen LogP contribution is 2.22. The summed E-state index contributed by atoms with van der Waals surface area (Å²) >= 11 is 0. The van der Waals surface area contributed by atoms with E-state index in [0.717, 1.165) is 12.0 Å². The van der Waals surface area contributed by atoms with Crippen molar-refractivity contribution in [1.29, 1.82) is 0 Å². The van der Waals surface area contributed by atoms with Crippen molar-refractivity contribution in [3.8, 4) is 0 Å². The van der Waals surface area contributed by atoms with Crippen molar-refractivity contribution in [2.45, 2.75) is 52.5 Å². The minimum Gasteiger partial charge on any atom is -0.350 e. The van der Waals surface area contributed by atoms with Gasteiger partial charge >= 0.3 is 0 Å². The van der Waals surface area contributed by atoms with Gasteiger partial charge in [0.2, 0.25) is 0 Å². The second-order valence-corrected chi connectivity index (χ2v) is 5.61. The average molecular weight is 233 g/mol. The number of rotatable bonds is 3. The van der Waals surface area contributed by atoms with E-state index in [0.29, 0.717) is 0 Å². The molecule has 0 aliphatic carbocycles. The maximum Gasteiger partial charge on any atom is 0.251 e. The van der Waals surface area contributed by atoms with E-state index in [1.54, 1.807) is 0 Å². The fourth-order valence-corrected chi connectivity index (χ4v) is 1.53. The van der Waals surface area contributed by atoms with Crippen LogP contribution in [0.2, 0.25) is 0 Å². The molecule has 0 heterocycles. The van der Waals surface area contributed by atoms with Crippen LogP contribution in [0.5, 0.6) is 0 Å². The molecule has 1 aromatic rings. The van der Waals surface area contributed by atoms with E-state index in [-0.39, 0.29) is 17.4 Å². The van der Waals surface area contributed by atoms with Crippen LogP contribution in [-0.4, -0.2) is 11.9 Å². The number of hydrogen-bond acceptors (Lipinski definition) is 1. The third-order valence-corrected chi connectivity index (χ3v) is 3.00. The maximum absolute atomic E-state index is 11.9. The normalized spacial score (nSPS) is 13.2. The van der Waals surface area contributed by atoms with Crippen molar-refractivity contribution in [3.05, 3.63) is 35.4 Å². The highest BCUT2D eigenvalue weighted by molar-refractivity contribution is 5.94. The summed E-state index contributed by atoms with van der Waals surface area (Å²) in [5.74, 6) is 0.0137. The van der Waals surface area contributed by atoms with Gasteiger partial charge in [-0.1, -0.05) is 39.8 Å². The van der Waals surface area contributed by atoms with Gasteiger partial charge in [-0.3, -0.25) is 4.79 Å². The third-order valence-electron chi connectivity index (χ3n) is 3.00. The maximum atomic E-state index is 11.9. The quantitative estimate of drug-likeness (QED) is 0.850. The molecule has 2 nitrogen and oxygen atoms in total.